The van der Waals surface area contributed by atoms with E-state index in [0.717, 1.165) is 11.3 Å². The van der Waals surface area contributed by atoms with Crippen LogP contribution in [0.3, 0.4) is 0 Å². The van der Waals surface area contributed by atoms with Crippen LogP contribution in [0.25, 0.3) is 0 Å². The highest BCUT2D eigenvalue weighted by molar-refractivity contribution is 5.40. The molecule has 0 amide bonds. The fourth-order valence-corrected chi connectivity index (χ4v) is 1.58. The fourth-order valence-electron chi connectivity index (χ4n) is 1.58. The molecule has 0 fully saturated rings. The number of aromatic nitrogens is 2. The number of para-hydroxylation sites is 1. The van der Waals surface area contributed by atoms with Gasteiger partial charge in [0.05, 0.1) is 0 Å². The molecule has 1 aromatic heterocycles. The molecule has 6 heteroatoms. The summed E-state index contributed by atoms with van der Waals surface area (Å²) in [5.41, 5.74) is 3.50. The number of nitrogen functional groups attached to an aromatic ring is 1. The average Bonchev–Trinajstić information content (AvgIpc) is 2.41. The molecule has 1 heterocycles. The first-order chi connectivity index (χ1) is 9.22. The lowest BCUT2D eigenvalue weighted by molar-refractivity contribution is 0.177. The second-order valence-electron chi connectivity index (χ2n) is 3.95. The van der Waals surface area contributed by atoms with Crippen LogP contribution < -0.4 is 16.0 Å². The lowest BCUT2D eigenvalue weighted by Crippen LogP contribution is -2.11. The summed E-state index contributed by atoms with van der Waals surface area (Å²) in [4.78, 5) is 8.41. The second kappa shape index (κ2) is 6.12. The molecule has 2 aromatic rings. The zero-order valence-electron chi connectivity index (χ0n) is 10.9. The first-order valence-corrected chi connectivity index (χ1v) is 5.80. The van der Waals surface area contributed by atoms with Crippen molar-refractivity contribution in [2.75, 3.05) is 12.5 Å². The third kappa shape index (κ3) is 3.40. The summed E-state index contributed by atoms with van der Waals surface area (Å²) < 4.78 is 10.7. The first-order valence-electron chi connectivity index (χ1n) is 5.80. The van der Waals surface area contributed by atoms with Gasteiger partial charge in [0.1, 0.15) is 18.2 Å². The number of nitrogens with zero attached hydrogens (tertiary/aromatic N) is 2. The summed E-state index contributed by atoms with van der Waals surface area (Å²) in [6, 6.07) is 9.33. The highest BCUT2D eigenvalue weighted by Crippen LogP contribution is 2.24. The third-order valence-corrected chi connectivity index (χ3v) is 2.48. The number of hydrogen-bond donors (Lipinski definition) is 2. The van der Waals surface area contributed by atoms with Gasteiger partial charge in [-0.3, -0.25) is 0 Å². The molecule has 0 unspecified atom stereocenters. The number of benzene rings is 1. The summed E-state index contributed by atoms with van der Waals surface area (Å²) in [5, 5.41) is 0. The predicted octanol–water partition coefficient (Wildman–Crippen LogP) is 2.01. The highest BCUT2D eigenvalue weighted by Gasteiger charge is 2.07. The van der Waals surface area contributed by atoms with Gasteiger partial charge in [0.15, 0.2) is 5.82 Å². The van der Waals surface area contributed by atoms with E-state index in [1.165, 1.54) is 0 Å². The van der Waals surface area contributed by atoms with E-state index >= 15 is 0 Å². The van der Waals surface area contributed by atoms with Crippen LogP contribution in [0.5, 0.6) is 11.6 Å². The molecule has 0 aliphatic carbocycles. The monoisotopic (exact) mass is 260 g/mol. The zero-order valence-corrected chi connectivity index (χ0v) is 10.9. The van der Waals surface area contributed by atoms with Crippen LogP contribution in [0.1, 0.15) is 11.4 Å². The summed E-state index contributed by atoms with van der Waals surface area (Å²) in [6.07, 6.45) is 0. The molecule has 2 rings (SSSR count). The molecule has 0 spiro atoms. The van der Waals surface area contributed by atoms with Crippen molar-refractivity contribution in [2.24, 2.45) is 5.84 Å². The van der Waals surface area contributed by atoms with Crippen molar-refractivity contribution in [3.05, 3.63) is 41.7 Å². The smallest absolute Gasteiger partial charge is 0.224 e. The number of hydrazine groups is 1. The Morgan fingerprint density at radius 3 is 2.74 bits per heavy atom. The topological polar surface area (TPSA) is 82.3 Å². The first kappa shape index (κ1) is 13.3. The number of aryl methyl sites for hydroxylation is 1. The molecular formula is C13H16N4O2. The van der Waals surface area contributed by atoms with E-state index in [1.807, 2.05) is 31.2 Å². The maximum absolute atomic E-state index is 5.74. The van der Waals surface area contributed by atoms with Gasteiger partial charge in [-0.15, -0.1) is 0 Å². The second-order valence-corrected chi connectivity index (χ2v) is 3.95. The van der Waals surface area contributed by atoms with Gasteiger partial charge in [0.25, 0.3) is 0 Å². The number of hydrogen-bond acceptors (Lipinski definition) is 6. The molecule has 1 aromatic carbocycles. The minimum atomic E-state index is 0.291. The van der Waals surface area contributed by atoms with Crippen LogP contribution in [0, 0.1) is 6.92 Å². The molecule has 0 atom stereocenters. The molecule has 0 aliphatic rings. The van der Waals surface area contributed by atoms with Gasteiger partial charge in [-0.25, -0.2) is 10.8 Å². The summed E-state index contributed by atoms with van der Waals surface area (Å²) in [5.74, 6) is 7.51. The maximum Gasteiger partial charge on any atom is 0.224 e. The predicted molar refractivity (Wildman–Crippen MR) is 71.8 cm³/mol. The van der Waals surface area contributed by atoms with Crippen LogP contribution in [0.4, 0.5) is 5.82 Å². The van der Waals surface area contributed by atoms with E-state index in [-0.39, 0.29) is 0 Å². The van der Waals surface area contributed by atoms with Crippen molar-refractivity contribution >= 4 is 5.82 Å². The van der Waals surface area contributed by atoms with Crippen molar-refractivity contribution in [1.82, 2.24) is 9.97 Å². The van der Waals surface area contributed by atoms with Gasteiger partial charge in [0.2, 0.25) is 5.88 Å². The summed E-state index contributed by atoms with van der Waals surface area (Å²) in [7, 11) is 1.58. The van der Waals surface area contributed by atoms with Crippen LogP contribution in [0.2, 0.25) is 0 Å². The number of nitrogens with two attached hydrogens (primary N) is 1. The van der Waals surface area contributed by atoms with Gasteiger partial charge < -0.3 is 14.9 Å². The van der Waals surface area contributed by atoms with E-state index in [2.05, 4.69) is 15.4 Å². The number of anilines is 1. The lowest BCUT2D eigenvalue weighted by Gasteiger charge is -2.10. The van der Waals surface area contributed by atoms with E-state index in [1.54, 1.807) is 13.2 Å². The largest absolute Gasteiger partial charge is 0.439 e. The van der Waals surface area contributed by atoms with Gasteiger partial charge in [0, 0.05) is 13.2 Å². The van der Waals surface area contributed by atoms with Crippen molar-refractivity contribution in [1.29, 1.82) is 0 Å². The van der Waals surface area contributed by atoms with Gasteiger partial charge in [-0.1, -0.05) is 18.2 Å². The van der Waals surface area contributed by atoms with Gasteiger partial charge >= 0.3 is 0 Å². The number of rotatable bonds is 5. The summed E-state index contributed by atoms with van der Waals surface area (Å²) >= 11 is 0. The molecule has 3 N–H and O–H groups in total. The average molecular weight is 260 g/mol. The molecule has 0 saturated carbocycles. The van der Waals surface area contributed by atoms with Crippen molar-refractivity contribution in [2.45, 2.75) is 13.5 Å². The van der Waals surface area contributed by atoms with E-state index in [4.69, 9.17) is 15.3 Å². The van der Waals surface area contributed by atoms with Gasteiger partial charge in [-0.05, 0) is 18.6 Å². The zero-order chi connectivity index (χ0) is 13.7. The minimum Gasteiger partial charge on any atom is -0.439 e. The molecule has 0 radical (unpaired) electrons. The van der Waals surface area contributed by atoms with Crippen LogP contribution in [-0.2, 0) is 11.3 Å². The Morgan fingerprint density at radius 2 is 2.05 bits per heavy atom. The Kier molecular flexibility index (Phi) is 4.27. The lowest BCUT2D eigenvalue weighted by atomic mass is 10.2. The Morgan fingerprint density at radius 1 is 1.26 bits per heavy atom. The molecule has 100 valence electrons. The maximum atomic E-state index is 5.74. The van der Waals surface area contributed by atoms with Crippen LogP contribution >= 0.6 is 0 Å². The Hall–Kier alpha value is -2.18. The van der Waals surface area contributed by atoms with E-state index in [9.17, 15) is 0 Å². The van der Waals surface area contributed by atoms with Crippen molar-refractivity contribution in [3.8, 4) is 11.6 Å². The van der Waals surface area contributed by atoms with Gasteiger partial charge in [-0.2, -0.15) is 4.98 Å². The number of nitrogens with one attached hydrogen (secondary N) is 1. The van der Waals surface area contributed by atoms with Crippen LogP contribution in [-0.4, -0.2) is 17.1 Å². The number of ether oxygens (including phenoxy) is 2. The van der Waals surface area contributed by atoms with Crippen molar-refractivity contribution < 1.29 is 9.47 Å². The summed E-state index contributed by atoms with van der Waals surface area (Å²) in [6.45, 7) is 2.26. The quantitative estimate of drug-likeness (QED) is 0.632. The molecule has 0 aliphatic heterocycles. The highest BCUT2D eigenvalue weighted by atomic mass is 16.5. The molecule has 0 saturated heterocycles. The van der Waals surface area contributed by atoms with E-state index < -0.39 is 0 Å². The third-order valence-electron chi connectivity index (χ3n) is 2.48. The molecule has 19 heavy (non-hydrogen) atoms. The molecule has 0 bridgehead atoms. The number of methoxy groups -OCH3 is 1. The molecular weight excluding hydrogens is 244 g/mol. The Labute approximate surface area is 111 Å². The van der Waals surface area contributed by atoms with E-state index in [0.29, 0.717) is 24.1 Å². The standard InChI is InChI=1S/C13H16N4O2/c1-9-5-3-4-6-10(9)19-13-7-11(17-14)15-12(16-13)8-18-2/h3-7H,8,14H2,1-2H3,(H,15,16,17). The normalized spacial score (nSPS) is 10.3. The molecule has 6 nitrogen and oxygen atoms in total. The Bertz CT molecular complexity index is 560. The fraction of sp³-hybridized carbons (Fsp3) is 0.231. The SMILES string of the molecule is COCc1nc(NN)cc(Oc2ccccc2C)n1. The van der Waals surface area contributed by atoms with Crippen LogP contribution in [0.15, 0.2) is 30.3 Å². The minimum absolute atomic E-state index is 0.291. The Balaban J connectivity index is 2.29. The van der Waals surface area contributed by atoms with Crippen molar-refractivity contribution in [3.63, 3.8) is 0 Å².